The first-order valence-electron chi connectivity index (χ1n) is 13.3. The number of anilines is 1. The third kappa shape index (κ3) is 6.85. The molecule has 3 heterocycles. The highest BCUT2D eigenvalue weighted by Gasteiger charge is 2.35. The number of para-hydroxylation sites is 1. The Morgan fingerprint density at radius 3 is 2.65 bits per heavy atom. The first-order chi connectivity index (χ1) is 19.5. The SMILES string of the molecule is COCOc1ccccc1-c1cc(/C=C/c2ccnc(OC3CC(OC4CCN(C(=O)O)CC4)C3)c2)c(N)nn1. The minimum absolute atomic E-state index is 0.0406. The Balaban J connectivity index is 1.17. The number of carbonyl (C=O) groups is 1. The molecule has 2 fully saturated rings. The van der Waals surface area contributed by atoms with Gasteiger partial charge in [-0.3, -0.25) is 0 Å². The number of pyridine rings is 1. The number of benzene rings is 1. The topological polar surface area (TPSA) is 142 Å². The standard InChI is InChI=1S/C29H33N5O6/c1-37-18-38-26-5-3-2-4-24(26)25-15-20(28(30)33-32-25)7-6-19-8-11-31-27(14-19)40-23-16-22(17-23)39-21-9-12-34(13-10-21)29(35)36/h2-8,11,14-15,21-23H,9-10,12-13,16-18H2,1H3,(H2,30,33)(H,35,36)/b7-6+. The molecule has 5 rings (SSSR count). The molecule has 1 aromatic carbocycles. The molecule has 0 radical (unpaired) electrons. The summed E-state index contributed by atoms with van der Waals surface area (Å²) >= 11 is 0. The maximum atomic E-state index is 11.1. The van der Waals surface area contributed by atoms with Gasteiger partial charge in [0, 0.05) is 56.4 Å². The molecule has 0 spiro atoms. The van der Waals surface area contributed by atoms with Crippen molar-refractivity contribution in [2.75, 3.05) is 32.7 Å². The second kappa shape index (κ2) is 12.8. The van der Waals surface area contributed by atoms with Gasteiger partial charge < -0.3 is 34.7 Å². The molecule has 11 nitrogen and oxygen atoms in total. The van der Waals surface area contributed by atoms with E-state index in [1.165, 1.54) is 4.90 Å². The molecule has 40 heavy (non-hydrogen) atoms. The van der Waals surface area contributed by atoms with E-state index in [4.69, 9.17) is 29.8 Å². The number of hydrogen-bond donors (Lipinski definition) is 2. The van der Waals surface area contributed by atoms with Gasteiger partial charge >= 0.3 is 6.09 Å². The molecular weight excluding hydrogens is 514 g/mol. The number of nitrogen functional groups attached to an aromatic ring is 1. The van der Waals surface area contributed by atoms with Crippen LogP contribution in [-0.2, 0) is 9.47 Å². The number of hydrogen-bond acceptors (Lipinski definition) is 9. The van der Waals surface area contributed by atoms with Crippen molar-refractivity contribution in [2.24, 2.45) is 0 Å². The molecule has 1 amide bonds. The van der Waals surface area contributed by atoms with Crippen LogP contribution in [0.5, 0.6) is 11.6 Å². The van der Waals surface area contributed by atoms with Gasteiger partial charge in [-0.2, -0.15) is 0 Å². The van der Waals surface area contributed by atoms with Crippen LogP contribution in [0.3, 0.4) is 0 Å². The van der Waals surface area contributed by atoms with E-state index in [9.17, 15) is 4.79 Å². The van der Waals surface area contributed by atoms with E-state index < -0.39 is 6.09 Å². The van der Waals surface area contributed by atoms with Gasteiger partial charge in [0.2, 0.25) is 5.88 Å². The summed E-state index contributed by atoms with van der Waals surface area (Å²) in [7, 11) is 1.57. The average Bonchev–Trinajstić information content (AvgIpc) is 2.95. The minimum atomic E-state index is -0.861. The van der Waals surface area contributed by atoms with Crippen LogP contribution in [0, 0.1) is 0 Å². The molecule has 1 aliphatic carbocycles. The normalized spacial score (nSPS) is 19.4. The van der Waals surface area contributed by atoms with Gasteiger partial charge in [-0.25, -0.2) is 9.78 Å². The van der Waals surface area contributed by atoms with Crippen LogP contribution in [0.2, 0.25) is 0 Å². The quantitative estimate of drug-likeness (QED) is 0.352. The van der Waals surface area contributed by atoms with Gasteiger partial charge in [-0.1, -0.05) is 24.3 Å². The molecule has 0 unspecified atom stereocenters. The second-order valence-corrected chi connectivity index (χ2v) is 9.82. The van der Waals surface area contributed by atoms with Crippen molar-refractivity contribution in [3.05, 3.63) is 59.8 Å². The van der Waals surface area contributed by atoms with Crippen molar-refractivity contribution in [3.63, 3.8) is 0 Å². The van der Waals surface area contributed by atoms with Crippen LogP contribution in [0.25, 0.3) is 23.4 Å². The van der Waals surface area contributed by atoms with Crippen LogP contribution in [-0.4, -0.2) is 76.6 Å². The molecule has 1 aliphatic heterocycles. The average molecular weight is 548 g/mol. The Labute approximate surface area is 232 Å². The predicted molar refractivity (Wildman–Crippen MR) is 149 cm³/mol. The highest BCUT2D eigenvalue weighted by Crippen LogP contribution is 2.32. The number of aromatic nitrogens is 3. The Kier molecular flexibility index (Phi) is 8.72. The smallest absolute Gasteiger partial charge is 0.407 e. The Bertz CT molecular complexity index is 1340. The van der Waals surface area contributed by atoms with Gasteiger partial charge in [-0.15, -0.1) is 10.2 Å². The van der Waals surface area contributed by atoms with Crippen LogP contribution < -0.4 is 15.2 Å². The largest absolute Gasteiger partial charge is 0.474 e. The van der Waals surface area contributed by atoms with E-state index in [0.29, 0.717) is 36.2 Å². The number of amides is 1. The molecule has 3 N–H and O–H groups in total. The summed E-state index contributed by atoms with van der Waals surface area (Å²) in [5.41, 5.74) is 9.17. The molecule has 11 heteroatoms. The van der Waals surface area contributed by atoms with E-state index >= 15 is 0 Å². The molecule has 2 aromatic heterocycles. The fourth-order valence-corrected chi connectivity index (χ4v) is 4.74. The van der Waals surface area contributed by atoms with Crippen molar-refractivity contribution in [1.29, 1.82) is 0 Å². The number of likely N-dealkylation sites (tertiary alicyclic amines) is 1. The lowest BCUT2D eigenvalue weighted by Crippen LogP contribution is -2.45. The molecule has 0 atom stereocenters. The van der Waals surface area contributed by atoms with Crippen molar-refractivity contribution in [3.8, 4) is 22.9 Å². The lowest BCUT2D eigenvalue weighted by atomic mass is 9.91. The number of piperidine rings is 1. The van der Waals surface area contributed by atoms with Crippen molar-refractivity contribution >= 4 is 24.1 Å². The zero-order valence-electron chi connectivity index (χ0n) is 22.3. The summed E-state index contributed by atoms with van der Waals surface area (Å²) in [5, 5.41) is 17.5. The van der Waals surface area contributed by atoms with Crippen molar-refractivity contribution < 1.29 is 28.8 Å². The maximum absolute atomic E-state index is 11.1. The lowest BCUT2D eigenvalue weighted by Gasteiger charge is -2.39. The molecule has 2 aliphatic rings. The fraction of sp³-hybridized carbons (Fsp3) is 0.379. The number of nitrogens with zero attached hydrogens (tertiary/aromatic N) is 4. The Morgan fingerprint density at radius 1 is 1.07 bits per heavy atom. The summed E-state index contributed by atoms with van der Waals surface area (Å²) < 4.78 is 22.9. The molecule has 1 saturated heterocycles. The summed E-state index contributed by atoms with van der Waals surface area (Å²) in [5.74, 6) is 1.50. The van der Waals surface area contributed by atoms with E-state index in [0.717, 1.165) is 42.4 Å². The molecule has 1 saturated carbocycles. The number of carboxylic acid groups (broad SMARTS) is 1. The number of nitrogens with two attached hydrogens (primary N) is 1. The van der Waals surface area contributed by atoms with E-state index in [1.54, 1.807) is 13.3 Å². The zero-order valence-corrected chi connectivity index (χ0v) is 22.3. The lowest BCUT2D eigenvalue weighted by molar-refractivity contribution is -0.109. The van der Waals surface area contributed by atoms with Crippen molar-refractivity contribution in [1.82, 2.24) is 20.1 Å². The zero-order chi connectivity index (χ0) is 27.9. The monoisotopic (exact) mass is 547 g/mol. The van der Waals surface area contributed by atoms with Gasteiger partial charge in [0.1, 0.15) is 11.9 Å². The first-order valence-corrected chi connectivity index (χ1v) is 13.3. The summed E-state index contributed by atoms with van der Waals surface area (Å²) in [6.45, 7) is 1.17. The third-order valence-electron chi connectivity index (χ3n) is 7.00. The van der Waals surface area contributed by atoms with E-state index in [1.807, 2.05) is 54.6 Å². The molecule has 0 bridgehead atoms. The van der Waals surface area contributed by atoms with Gasteiger partial charge in [0.05, 0.1) is 17.9 Å². The number of ether oxygens (including phenoxy) is 4. The summed E-state index contributed by atoms with van der Waals surface area (Å²) in [4.78, 5) is 16.9. The summed E-state index contributed by atoms with van der Waals surface area (Å²) in [6, 6.07) is 13.2. The van der Waals surface area contributed by atoms with Gasteiger partial charge in [-0.05, 0) is 42.7 Å². The minimum Gasteiger partial charge on any atom is -0.474 e. The predicted octanol–water partition coefficient (Wildman–Crippen LogP) is 4.34. The van der Waals surface area contributed by atoms with E-state index in [2.05, 4.69) is 15.2 Å². The maximum Gasteiger partial charge on any atom is 0.407 e. The van der Waals surface area contributed by atoms with Crippen LogP contribution >= 0.6 is 0 Å². The number of methoxy groups -OCH3 is 1. The van der Waals surface area contributed by atoms with Gasteiger partial charge in [0.15, 0.2) is 12.6 Å². The highest BCUT2D eigenvalue weighted by atomic mass is 16.7. The second-order valence-electron chi connectivity index (χ2n) is 9.82. The Morgan fingerprint density at radius 2 is 1.88 bits per heavy atom. The van der Waals surface area contributed by atoms with Crippen LogP contribution in [0.4, 0.5) is 10.6 Å². The van der Waals surface area contributed by atoms with Crippen LogP contribution in [0.1, 0.15) is 36.8 Å². The van der Waals surface area contributed by atoms with E-state index in [-0.39, 0.29) is 25.1 Å². The van der Waals surface area contributed by atoms with Crippen LogP contribution in [0.15, 0.2) is 48.7 Å². The van der Waals surface area contributed by atoms with Crippen molar-refractivity contribution in [2.45, 2.75) is 44.0 Å². The third-order valence-corrected chi connectivity index (χ3v) is 7.00. The van der Waals surface area contributed by atoms with Gasteiger partial charge in [0.25, 0.3) is 0 Å². The number of rotatable bonds is 10. The summed E-state index contributed by atoms with van der Waals surface area (Å²) in [6.07, 6.45) is 7.99. The Hall–Kier alpha value is -4.22. The molecule has 210 valence electrons. The fourth-order valence-electron chi connectivity index (χ4n) is 4.74. The molecule has 3 aromatic rings. The first kappa shape index (κ1) is 27.4. The molecular formula is C29H33N5O6. The highest BCUT2D eigenvalue weighted by molar-refractivity contribution is 5.77.